The molecule has 0 radical (unpaired) electrons. The molecule has 4 heteroatoms. The van der Waals surface area contributed by atoms with Crippen molar-refractivity contribution in [2.75, 3.05) is 5.88 Å². The van der Waals surface area contributed by atoms with Gasteiger partial charge in [-0.1, -0.05) is 38.6 Å². The number of nitrogens with zero attached hydrogens (tertiary/aromatic N) is 2. The Labute approximate surface area is 95.4 Å². The second kappa shape index (κ2) is 6.45. The first-order valence-corrected chi connectivity index (χ1v) is 6.27. The minimum absolute atomic E-state index is 0.854. The van der Waals surface area contributed by atoms with Crippen LogP contribution in [0.15, 0.2) is 23.4 Å². The molecule has 0 fully saturated rings. The van der Waals surface area contributed by atoms with E-state index in [4.69, 9.17) is 0 Å². The Balaban J connectivity index is 0.000000531. The molecule has 0 aliphatic carbocycles. The quantitative estimate of drug-likeness (QED) is 0.837. The Morgan fingerprint density at radius 2 is 2.20 bits per heavy atom. The summed E-state index contributed by atoms with van der Waals surface area (Å²) in [7, 11) is 0. The van der Waals surface area contributed by atoms with Gasteiger partial charge < -0.3 is 0 Å². The van der Waals surface area contributed by atoms with E-state index in [1.807, 2.05) is 26.1 Å². The number of pyridine rings is 1. The van der Waals surface area contributed by atoms with Crippen LogP contribution in [-0.2, 0) is 6.42 Å². The highest BCUT2D eigenvalue weighted by molar-refractivity contribution is 8.14. The van der Waals surface area contributed by atoms with Crippen LogP contribution in [-0.4, -0.2) is 15.9 Å². The Morgan fingerprint density at radius 1 is 1.40 bits per heavy atom. The van der Waals surface area contributed by atoms with Crippen LogP contribution in [0.3, 0.4) is 0 Å². The standard InChI is InChI=1S/C9H11N3S.C2H6/c1-2-7-3-4-8(10-5-7)9-12-11-6-13-9;1-2/h3-5,11H,2,6H2,1H3;1-2H3. The third kappa shape index (κ3) is 3.23. The number of rotatable bonds is 2. The summed E-state index contributed by atoms with van der Waals surface area (Å²) in [6, 6.07) is 4.13. The largest absolute Gasteiger partial charge is 0.299 e. The van der Waals surface area contributed by atoms with Gasteiger partial charge in [-0.25, -0.2) is 0 Å². The minimum atomic E-state index is 0.854. The first kappa shape index (κ1) is 12.0. The summed E-state index contributed by atoms with van der Waals surface area (Å²) in [6.07, 6.45) is 2.95. The van der Waals surface area contributed by atoms with Gasteiger partial charge in [0.1, 0.15) is 5.04 Å². The van der Waals surface area contributed by atoms with Gasteiger partial charge in [0.05, 0.1) is 11.6 Å². The number of aryl methyl sites for hydroxylation is 1. The lowest BCUT2D eigenvalue weighted by molar-refractivity contribution is 0.892. The topological polar surface area (TPSA) is 37.3 Å². The molecule has 0 amide bonds. The van der Waals surface area contributed by atoms with E-state index in [-0.39, 0.29) is 0 Å². The summed E-state index contributed by atoms with van der Waals surface area (Å²) in [4.78, 5) is 4.34. The van der Waals surface area contributed by atoms with Crippen LogP contribution in [0.1, 0.15) is 32.0 Å². The molecule has 3 nitrogen and oxygen atoms in total. The third-order valence-corrected chi connectivity index (χ3v) is 2.75. The predicted octanol–water partition coefficient (Wildman–Crippen LogP) is 2.63. The SMILES string of the molecule is CC.CCc1ccc(C2=NNCS2)nc1. The van der Waals surface area contributed by atoms with Gasteiger partial charge in [0, 0.05) is 6.20 Å². The molecule has 1 aliphatic heterocycles. The van der Waals surface area contributed by atoms with Crippen LogP contribution in [0.4, 0.5) is 0 Å². The van der Waals surface area contributed by atoms with Crippen LogP contribution in [0.2, 0.25) is 0 Å². The molecular formula is C11H17N3S. The van der Waals surface area contributed by atoms with Gasteiger partial charge in [0.2, 0.25) is 0 Å². The number of hydrazone groups is 1. The Hall–Kier alpha value is -1.03. The van der Waals surface area contributed by atoms with Gasteiger partial charge in [0.15, 0.2) is 0 Å². The second-order valence-corrected chi connectivity index (χ2v) is 3.73. The molecule has 0 unspecified atom stereocenters. The summed E-state index contributed by atoms with van der Waals surface area (Å²) in [6.45, 7) is 6.13. The Morgan fingerprint density at radius 3 is 2.67 bits per heavy atom. The molecular weight excluding hydrogens is 206 g/mol. The maximum atomic E-state index is 4.34. The molecule has 0 bridgehead atoms. The highest BCUT2D eigenvalue weighted by atomic mass is 32.2. The zero-order valence-corrected chi connectivity index (χ0v) is 10.3. The normalized spacial score (nSPS) is 13.7. The third-order valence-electron chi connectivity index (χ3n) is 1.91. The van der Waals surface area contributed by atoms with Crippen LogP contribution in [0, 0.1) is 0 Å². The minimum Gasteiger partial charge on any atom is -0.299 e. The molecule has 82 valence electrons. The number of hydrogen-bond acceptors (Lipinski definition) is 4. The fourth-order valence-corrected chi connectivity index (χ4v) is 1.79. The van der Waals surface area contributed by atoms with Crippen LogP contribution in [0.25, 0.3) is 0 Å². The van der Waals surface area contributed by atoms with E-state index in [2.05, 4.69) is 28.5 Å². The fourth-order valence-electron chi connectivity index (χ4n) is 1.13. The molecule has 1 aromatic heterocycles. The van der Waals surface area contributed by atoms with Crippen molar-refractivity contribution >= 4 is 16.8 Å². The Bertz CT molecular complexity index is 319. The summed E-state index contributed by atoms with van der Waals surface area (Å²) >= 11 is 1.69. The van der Waals surface area contributed by atoms with Crippen molar-refractivity contribution in [3.63, 3.8) is 0 Å². The zero-order chi connectivity index (χ0) is 11.1. The van der Waals surface area contributed by atoms with Crippen molar-refractivity contribution in [3.8, 4) is 0 Å². The van der Waals surface area contributed by atoms with Crippen molar-refractivity contribution in [3.05, 3.63) is 29.6 Å². The van der Waals surface area contributed by atoms with Gasteiger partial charge in [-0.2, -0.15) is 5.10 Å². The molecule has 1 N–H and O–H groups in total. The molecule has 0 saturated heterocycles. The highest BCUT2D eigenvalue weighted by Crippen LogP contribution is 2.14. The molecule has 15 heavy (non-hydrogen) atoms. The number of nitrogens with one attached hydrogen (secondary N) is 1. The molecule has 1 aliphatic rings. The lowest BCUT2D eigenvalue weighted by Gasteiger charge is -1.98. The number of hydrogen-bond donors (Lipinski definition) is 1. The van der Waals surface area contributed by atoms with E-state index in [9.17, 15) is 0 Å². The van der Waals surface area contributed by atoms with Crippen molar-refractivity contribution < 1.29 is 0 Å². The zero-order valence-electron chi connectivity index (χ0n) is 9.45. The van der Waals surface area contributed by atoms with Crippen molar-refractivity contribution in [1.29, 1.82) is 0 Å². The first-order chi connectivity index (χ1) is 7.40. The maximum Gasteiger partial charge on any atom is 0.143 e. The first-order valence-electron chi connectivity index (χ1n) is 5.29. The van der Waals surface area contributed by atoms with Gasteiger partial charge in [0.25, 0.3) is 0 Å². The smallest absolute Gasteiger partial charge is 0.143 e. The van der Waals surface area contributed by atoms with Gasteiger partial charge in [-0.15, -0.1) is 0 Å². The molecule has 2 rings (SSSR count). The van der Waals surface area contributed by atoms with Gasteiger partial charge >= 0.3 is 0 Å². The van der Waals surface area contributed by atoms with E-state index in [1.54, 1.807) is 11.8 Å². The van der Waals surface area contributed by atoms with E-state index in [0.29, 0.717) is 0 Å². The summed E-state index contributed by atoms with van der Waals surface area (Å²) < 4.78 is 0. The number of aromatic nitrogens is 1. The van der Waals surface area contributed by atoms with E-state index in [1.165, 1.54) is 5.56 Å². The van der Waals surface area contributed by atoms with E-state index < -0.39 is 0 Å². The van der Waals surface area contributed by atoms with E-state index in [0.717, 1.165) is 23.0 Å². The van der Waals surface area contributed by atoms with E-state index >= 15 is 0 Å². The predicted molar refractivity (Wildman–Crippen MR) is 67.1 cm³/mol. The van der Waals surface area contributed by atoms with Crippen molar-refractivity contribution in [2.45, 2.75) is 27.2 Å². The molecule has 2 heterocycles. The maximum absolute atomic E-state index is 4.34. The van der Waals surface area contributed by atoms with Crippen LogP contribution >= 0.6 is 11.8 Å². The van der Waals surface area contributed by atoms with Gasteiger partial charge in [-0.3, -0.25) is 10.4 Å². The summed E-state index contributed by atoms with van der Waals surface area (Å²) in [5, 5.41) is 5.12. The average molecular weight is 223 g/mol. The van der Waals surface area contributed by atoms with Crippen LogP contribution < -0.4 is 5.43 Å². The Kier molecular flexibility index (Phi) is 5.18. The lowest BCUT2D eigenvalue weighted by atomic mass is 10.2. The molecule has 1 aromatic rings. The number of thioether (sulfide) groups is 1. The average Bonchev–Trinajstić information content (AvgIpc) is 2.85. The summed E-state index contributed by atoms with van der Waals surface area (Å²) in [5.74, 6) is 0.854. The van der Waals surface area contributed by atoms with Crippen molar-refractivity contribution in [1.82, 2.24) is 10.4 Å². The van der Waals surface area contributed by atoms with Crippen LogP contribution in [0.5, 0.6) is 0 Å². The fraction of sp³-hybridized carbons (Fsp3) is 0.455. The molecule has 0 spiro atoms. The van der Waals surface area contributed by atoms with Gasteiger partial charge in [-0.05, 0) is 18.1 Å². The molecule has 0 atom stereocenters. The summed E-state index contributed by atoms with van der Waals surface area (Å²) in [5.41, 5.74) is 5.14. The molecule has 0 aromatic carbocycles. The lowest BCUT2D eigenvalue weighted by Crippen LogP contribution is -1.97. The monoisotopic (exact) mass is 223 g/mol. The second-order valence-electron chi connectivity index (χ2n) is 2.77. The highest BCUT2D eigenvalue weighted by Gasteiger charge is 2.10. The molecule has 0 saturated carbocycles. The van der Waals surface area contributed by atoms with Crippen molar-refractivity contribution in [2.24, 2.45) is 5.10 Å².